The number of urea groups is 1. The number of carbonyl (C=O) groups is 2. The van der Waals surface area contributed by atoms with Crippen LogP contribution in [0.15, 0.2) is 48.5 Å². The Kier molecular flexibility index (Phi) is 5.96. The van der Waals surface area contributed by atoms with Gasteiger partial charge in [0.25, 0.3) is 0 Å². The molecule has 1 unspecified atom stereocenters. The maximum Gasteiger partial charge on any atom is 0.322 e. The number of carbonyl (C=O) groups excluding carboxylic acids is 2. The Labute approximate surface area is 159 Å². The van der Waals surface area contributed by atoms with Crippen LogP contribution >= 0.6 is 0 Å². The monoisotopic (exact) mass is 367 g/mol. The van der Waals surface area contributed by atoms with Crippen molar-refractivity contribution < 1.29 is 14.3 Å². The summed E-state index contributed by atoms with van der Waals surface area (Å²) in [5.74, 6) is 0.466. The molecule has 0 radical (unpaired) electrons. The highest BCUT2D eigenvalue weighted by Gasteiger charge is 2.34. The van der Waals surface area contributed by atoms with E-state index in [1.54, 1.807) is 24.1 Å². The van der Waals surface area contributed by atoms with Gasteiger partial charge in [-0.15, -0.1) is 0 Å². The van der Waals surface area contributed by atoms with Crippen molar-refractivity contribution in [1.82, 2.24) is 10.2 Å². The molecule has 1 heterocycles. The number of hydrogen-bond acceptors (Lipinski definition) is 3. The first-order chi connectivity index (χ1) is 13.1. The van der Waals surface area contributed by atoms with Crippen LogP contribution in [0.2, 0.25) is 0 Å². The lowest BCUT2D eigenvalue weighted by molar-refractivity contribution is -0.124. The van der Waals surface area contributed by atoms with E-state index < -0.39 is 6.04 Å². The molecule has 2 N–H and O–H groups in total. The fourth-order valence-corrected chi connectivity index (χ4v) is 3.23. The minimum absolute atomic E-state index is 0.122. The summed E-state index contributed by atoms with van der Waals surface area (Å²) in [6.45, 7) is 3.04. The summed E-state index contributed by atoms with van der Waals surface area (Å²) in [6.07, 6.45) is 1.47. The average Bonchev–Trinajstić information content (AvgIpc) is 3.18. The average molecular weight is 367 g/mol. The fraction of sp³-hybridized carbons (Fsp3) is 0.333. The van der Waals surface area contributed by atoms with Gasteiger partial charge in [-0.1, -0.05) is 42.0 Å². The summed E-state index contributed by atoms with van der Waals surface area (Å²) in [7, 11) is 1.56. The molecule has 2 aromatic rings. The first-order valence-electron chi connectivity index (χ1n) is 9.12. The van der Waals surface area contributed by atoms with Gasteiger partial charge in [0.15, 0.2) is 0 Å². The van der Waals surface area contributed by atoms with E-state index in [1.807, 2.05) is 43.3 Å². The highest BCUT2D eigenvalue weighted by molar-refractivity contribution is 5.95. The third-order valence-electron chi connectivity index (χ3n) is 4.75. The Hall–Kier alpha value is -3.02. The quantitative estimate of drug-likeness (QED) is 0.852. The number of amides is 3. The van der Waals surface area contributed by atoms with Crippen LogP contribution in [0, 0.1) is 6.92 Å². The first-order valence-corrected chi connectivity index (χ1v) is 9.12. The number of ether oxygens (including phenoxy) is 1. The minimum atomic E-state index is -0.454. The van der Waals surface area contributed by atoms with E-state index >= 15 is 0 Å². The van der Waals surface area contributed by atoms with Gasteiger partial charge >= 0.3 is 6.03 Å². The molecule has 0 spiro atoms. The molecule has 1 fully saturated rings. The Morgan fingerprint density at radius 3 is 2.63 bits per heavy atom. The molecular weight excluding hydrogens is 342 g/mol. The third-order valence-corrected chi connectivity index (χ3v) is 4.75. The van der Waals surface area contributed by atoms with E-state index in [2.05, 4.69) is 10.6 Å². The van der Waals surface area contributed by atoms with Crippen LogP contribution in [0.1, 0.15) is 24.0 Å². The van der Waals surface area contributed by atoms with E-state index in [9.17, 15) is 9.59 Å². The molecule has 3 rings (SSSR count). The molecule has 3 amide bonds. The van der Waals surface area contributed by atoms with Gasteiger partial charge in [-0.05, 0) is 37.5 Å². The highest BCUT2D eigenvalue weighted by Crippen LogP contribution is 2.25. The molecule has 27 heavy (non-hydrogen) atoms. The van der Waals surface area contributed by atoms with Crippen molar-refractivity contribution >= 4 is 17.6 Å². The van der Waals surface area contributed by atoms with Gasteiger partial charge in [-0.2, -0.15) is 0 Å². The van der Waals surface area contributed by atoms with Crippen LogP contribution < -0.4 is 15.4 Å². The molecule has 6 nitrogen and oxygen atoms in total. The molecule has 0 bridgehead atoms. The summed E-state index contributed by atoms with van der Waals surface area (Å²) >= 11 is 0. The number of aryl methyl sites for hydroxylation is 1. The van der Waals surface area contributed by atoms with Gasteiger partial charge in [0.05, 0.1) is 12.8 Å². The predicted octanol–water partition coefficient (Wildman–Crippen LogP) is 3.32. The molecule has 1 saturated heterocycles. The zero-order valence-electron chi connectivity index (χ0n) is 15.7. The molecule has 1 aliphatic heterocycles. The molecule has 1 aliphatic rings. The van der Waals surface area contributed by atoms with Crippen LogP contribution in [-0.4, -0.2) is 36.5 Å². The molecular formula is C21H25N3O3. The second-order valence-electron chi connectivity index (χ2n) is 6.69. The number of methoxy groups -OCH3 is 1. The molecule has 0 aliphatic carbocycles. The van der Waals surface area contributed by atoms with E-state index in [-0.39, 0.29) is 11.9 Å². The van der Waals surface area contributed by atoms with Crippen molar-refractivity contribution in [2.45, 2.75) is 32.4 Å². The van der Waals surface area contributed by atoms with Gasteiger partial charge in [0.1, 0.15) is 11.8 Å². The maximum atomic E-state index is 12.7. The molecule has 0 aromatic heterocycles. The normalized spacial score (nSPS) is 16.1. The van der Waals surface area contributed by atoms with E-state index in [0.717, 1.165) is 12.0 Å². The molecule has 1 atom stereocenters. The standard InChI is InChI=1S/C21H25N3O3/c1-15-9-11-16(12-10-15)14-22-20(25)18-7-5-13-24(18)21(26)23-17-6-3-4-8-19(17)27-2/h3-4,6,8-12,18H,5,7,13-14H2,1-2H3,(H,22,25)(H,23,26). The van der Waals surface area contributed by atoms with Crippen molar-refractivity contribution in [2.75, 3.05) is 19.0 Å². The fourth-order valence-electron chi connectivity index (χ4n) is 3.23. The lowest BCUT2D eigenvalue weighted by Crippen LogP contribution is -2.47. The molecule has 2 aromatic carbocycles. The highest BCUT2D eigenvalue weighted by atomic mass is 16.5. The van der Waals surface area contributed by atoms with Crippen LogP contribution in [-0.2, 0) is 11.3 Å². The summed E-state index contributed by atoms with van der Waals surface area (Å²) in [4.78, 5) is 26.9. The number of likely N-dealkylation sites (tertiary alicyclic amines) is 1. The Morgan fingerprint density at radius 2 is 1.89 bits per heavy atom. The lowest BCUT2D eigenvalue weighted by atomic mass is 10.1. The van der Waals surface area contributed by atoms with Gasteiger partial charge in [-0.25, -0.2) is 4.79 Å². The van der Waals surface area contributed by atoms with Gasteiger partial charge < -0.3 is 20.3 Å². The Balaban J connectivity index is 1.61. The van der Waals surface area contributed by atoms with E-state index in [0.29, 0.717) is 30.9 Å². The Bertz CT molecular complexity index is 805. The van der Waals surface area contributed by atoms with Crippen molar-refractivity contribution in [3.8, 4) is 5.75 Å². The molecule has 142 valence electrons. The van der Waals surface area contributed by atoms with Crippen LogP contribution in [0.4, 0.5) is 10.5 Å². The van der Waals surface area contributed by atoms with Crippen molar-refractivity contribution in [1.29, 1.82) is 0 Å². The van der Waals surface area contributed by atoms with Crippen LogP contribution in [0.3, 0.4) is 0 Å². The zero-order valence-corrected chi connectivity index (χ0v) is 15.7. The third kappa shape index (κ3) is 4.58. The summed E-state index contributed by atoms with van der Waals surface area (Å²) < 4.78 is 5.27. The summed E-state index contributed by atoms with van der Waals surface area (Å²) in [6, 6.07) is 14.5. The molecule has 6 heteroatoms. The Morgan fingerprint density at radius 1 is 1.15 bits per heavy atom. The van der Waals surface area contributed by atoms with Crippen molar-refractivity contribution in [3.63, 3.8) is 0 Å². The van der Waals surface area contributed by atoms with E-state index in [4.69, 9.17) is 4.74 Å². The lowest BCUT2D eigenvalue weighted by Gasteiger charge is -2.24. The number of nitrogens with one attached hydrogen (secondary N) is 2. The second-order valence-corrected chi connectivity index (χ2v) is 6.69. The number of anilines is 1. The SMILES string of the molecule is COc1ccccc1NC(=O)N1CCCC1C(=O)NCc1ccc(C)cc1. The van der Waals surface area contributed by atoms with Gasteiger partial charge in [0.2, 0.25) is 5.91 Å². The smallest absolute Gasteiger partial charge is 0.322 e. The number of para-hydroxylation sites is 2. The predicted molar refractivity (Wildman–Crippen MR) is 105 cm³/mol. The second kappa shape index (κ2) is 8.58. The minimum Gasteiger partial charge on any atom is -0.495 e. The number of benzene rings is 2. The van der Waals surface area contributed by atoms with Crippen LogP contribution in [0.25, 0.3) is 0 Å². The topological polar surface area (TPSA) is 70.7 Å². The summed E-state index contributed by atoms with van der Waals surface area (Å²) in [5.41, 5.74) is 2.81. The van der Waals surface area contributed by atoms with Crippen molar-refractivity contribution in [3.05, 3.63) is 59.7 Å². The van der Waals surface area contributed by atoms with Gasteiger partial charge in [0, 0.05) is 13.1 Å². The zero-order chi connectivity index (χ0) is 19.2. The van der Waals surface area contributed by atoms with Crippen LogP contribution in [0.5, 0.6) is 5.75 Å². The first kappa shape index (κ1) is 18.8. The number of rotatable bonds is 5. The largest absolute Gasteiger partial charge is 0.495 e. The number of hydrogen-bond donors (Lipinski definition) is 2. The number of nitrogens with zero attached hydrogens (tertiary/aromatic N) is 1. The van der Waals surface area contributed by atoms with Crippen molar-refractivity contribution in [2.24, 2.45) is 0 Å². The van der Waals surface area contributed by atoms with E-state index in [1.165, 1.54) is 5.56 Å². The summed E-state index contributed by atoms with van der Waals surface area (Å²) in [5, 5.41) is 5.80. The molecule has 0 saturated carbocycles. The van der Waals surface area contributed by atoms with Gasteiger partial charge in [-0.3, -0.25) is 4.79 Å². The maximum absolute atomic E-state index is 12.7.